The second kappa shape index (κ2) is 7.90. The predicted molar refractivity (Wildman–Crippen MR) is 101 cm³/mol. The maximum absolute atomic E-state index is 13.1. The van der Waals surface area contributed by atoms with Gasteiger partial charge in [0.05, 0.1) is 7.11 Å². The Morgan fingerprint density at radius 2 is 1.70 bits per heavy atom. The van der Waals surface area contributed by atoms with Crippen molar-refractivity contribution in [3.05, 3.63) is 59.7 Å². The van der Waals surface area contributed by atoms with E-state index >= 15 is 0 Å². The molecule has 27 heavy (non-hydrogen) atoms. The third-order valence-electron chi connectivity index (χ3n) is 4.53. The van der Waals surface area contributed by atoms with Gasteiger partial charge < -0.3 is 15.4 Å². The highest BCUT2D eigenvalue weighted by Gasteiger charge is 2.26. The zero-order chi connectivity index (χ0) is 19.4. The maximum Gasteiger partial charge on any atom is 0.259 e. The standard InChI is InChI=1S/C20H21N3O4/c1-27-17-10-6-15(7-11-17)20(26)23(13-22-12-2-3-18(22)24)16-8-4-14(5-9-16)19(21)25/h4-11H,2-3,12-13H2,1H3,(H2,21,25). The lowest BCUT2D eigenvalue weighted by Gasteiger charge is -2.28. The summed E-state index contributed by atoms with van der Waals surface area (Å²) in [4.78, 5) is 39.6. The summed E-state index contributed by atoms with van der Waals surface area (Å²) >= 11 is 0. The Hall–Kier alpha value is -3.35. The van der Waals surface area contributed by atoms with Gasteiger partial charge in [0.2, 0.25) is 11.8 Å². The minimum atomic E-state index is -0.538. The summed E-state index contributed by atoms with van der Waals surface area (Å²) in [7, 11) is 1.56. The number of benzene rings is 2. The van der Waals surface area contributed by atoms with Crippen molar-refractivity contribution >= 4 is 23.4 Å². The van der Waals surface area contributed by atoms with Gasteiger partial charge in [0.25, 0.3) is 5.91 Å². The van der Waals surface area contributed by atoms with Gasteiger partial charge in [-0.25, -0.2) is 0 Å². The monoisotopic (exact) mass is 367 g/mol. The number of primary amides is 1. The van der Waals surface area contributed by atoms with E-state index in [4.69, 9.17) is 10.5 Å². The van der Waals surface area contributed by atoms with Crippen molar-refractivity contribution in [1.29, 1.82) is 0 Å². The first-order valence-corrected chi connectivity index (χ1v) is 8.63. The lowest BCUT2D eigenvalue weighted by Crippen LogP contribution is -2.42. The number of carbonyl (C=O) groups excluding carboxylic acids is 3. The molecule has 0 saturated carbocycles. The number of carbonyl (C=O) groups is 3. The number of nitrogens with zero attached hydrogens (tertiary/aromatic N) is 2. The average molecular weight is 367 g/mol. The molecular formula is C20H21N3O4. The summed E-state index contributed by atoms with van der Waals surface area (Å²) in [5, 5.41) is 0. The van der Waals surface area contributed by atoms with E-state index in [2.05, 4.69) is 0 Å². The molecule has 3 amide bonds. The molecule has 2 N–H and O–H groups in total. The van der Waals surface area contributed by atoms with Crippen LogP contribution < -0.4 is 15.4 Å². The number of anilines is 1. The van der Waals surface area contributed by atoms with Crippen LogP contribution in [-0.4, -0.2) is 42.9 Å². The second-order valence-corrected chi connectivity index (χ2v) is 6.27. The van der Waals surface area contributed by atoms with Crippen LogP contribution >= 0.6 is 0 Å². The average Bonchev–Trinajstić information content (AvgIpc) is 3.10. The van der Waals surface area contributed by atoms with Crippen LogP contribution in [0.2, 0.25) is 0 Å². The Morgan fingerprint density at radius 3 is 2.22 bits per heavy atom. The summed E-state index contributed by atoms with van der Waals surface area (Å²) in [5.74, 6) is -0.108. The third kappa shape index (κ3) is 4.08. The molecule has 1 fully saturated rings. The molecule has 3 rings (SSSR count). The molecule has 2 aromatic rings. The Labute approximate surface area is 157 Å². The van der Waals surface area contributed by atoms with E-state index in [0.717, 1.165) is 6.42 Å². The van der Waals surface area contributed by atoms with Crippen LogP contribution in [0, 0.1) is 0 Å². The molecule has 1 aliphatic rings. The molecule has 7 heteroatoms. The fraction of sp³-hybridized carbons (Fsp3) is 0.250. The van der Waals surface area contributed by atoms with Crippen molar-refractivity contribution in [3.8, 4) is 5.75 Å². The van der Waals surface area contributed by atoms with Crippen LogP contribution in [0.1, 0.15) is 33.6 Å². The molecule has 0 aromatic heterocycles. The Bertz CT molecular complexity index is 847. The molecule has 2 aromatic carbocycles. The number of hydrogen-bond donors (Lipinski definition) is 1. The van der Waals surface area contributed by atoms with Crippen LogP contribution in [0.4, 0.5) is 5.69 Å². The van der Waals surface area contributed by atoms with E-state index < -0.39 is 5.91 Å². The van der Waals surface area contributed by atoms with Crippen molar-refractivity contribution in [2.45, 2.75) is 12.8 Å². The van der Waals surface area contributed by atoms with Gasteiger partial charge in [-0.3, -0.25) is 19.3 Å². The molecule has 0 radical (unpaired) electrons. The van der Waals surface area contributed by atoms with Gasteiger partial charge in [-0.1, -0.05) is 0 Å². The normalized spacial score (nSPS) is 13.5. The first-order chi connectivity index (χ1) is 13.0. The van der Waals surface area contributed by atoms with E-state index in [1.54, 1.807) is 60.5 Å². The molecule has 1 heterocycles. The summed E-state index contributed by atoms with van der Waals surface area (Å²) in [6.07, 6.45) is 1.27. The van der Waals surface area contributed by atoms with E-state index in [-0.39, 0.29) is 18.5 Å². The third-order valence-corrected chi connectivity index (χ3v) is 4.53. The molecule has 0 unspecified atom stereocenters. The lowest BCUT2D eigenvalue weighted by atomic mass is 10.1. The second-order valence-electron chi connectivity index (χ2n) is 6.27. The Balaban J connectivity index is 1.91. The van der Waals surface area contributed by atoms with Crippen molar-refractivity contribution in [3.63, 3.8) is 0 Å². The van der Waals surface area contributed by atoms with Gasteiger partial charge in [-0.2, -0.15) is 0 Å². The number of rotatable bonds is 6. The van der Waals surface area contributed by atoms with Crippen LogP contribution in [0.25, 0.3) is 0 Å². The van der Waals surface area contributed by atoms with Crippen LogP contribution in [0.15, 0.2) is 48.5 Å². The van der Waals surface area contributed by atoms with Gasteiger partial charge in [0.1, 0.15) is 12.4 Å². The van der Waals surface area contributed by atoms with Crippen molar-refractivity contribution < 1.29 is 19.1 Å². The largest absolute Gasteiger partial charge is 0.497 e. The first-order valence-electron chi connectivity index (χ1n) is 8.63. The van der Waals surface area contributed by atoms with Gasteiger partial charge in [0, 0.05) is 29.8 Å². The highest BCUT2D eigenvalue weighted by atomic mass is 16.5. The molecule has 140 valence electrons. The van der Waals surface area contributed by atoms with E-state index in [1.807, 2.05) is 0 Å². The smallest absolute Gasteiger partial charge is 0.259 e. The number of methoxy groups -OCH3 is 1. The van der Waals surface area contributed by atoms with Crippen LogP contribution in [-0.2, 0) is 4.79 Å². The summed E-state index contributed by atoms with van der Waals surface area (Å²) in [6.45, 7) is 0.768. The molecule has 0 atom stereocenters. The molecule has 0 spiro atoms. The van der Waals surface area contributed by atoms with Crippen molar-refractivity contribution in [2.75, 3.05) is 25.2 Å². The Kier molecular flexibility index (Phi) is 5.40. The predicted octanol–water partition coefficient (Wildman–Crippen LogP) is 2.02. The Morgan fingerprint density at radius 1 is 1.07 bits per heavy atom. The quantitative estimate of drug-likeness (QED) is 0.845. The topological polar surface area (TPSA) is 92.9 Å². The SMILES string of the molecule is COc1ccc(C(=O)N(CN2CCCC2=O)c2ccc(C(N)=O)cc2)cc1. The van der Waals surface area contributed by atoms with Crippen molar-refractivity contribution in [1.82, 2.24) is 4.90 Å². The molecule has 1 aliphatic heterocycles. The number of likely N-dealkylation sites (tertiary alicyclic amines) is 1. The van der Waals surface area contributed by atoms with Gasteiger partial charge >= 0.3 is 0 Å². The van der Waals surface area contributed by atoms with Crippen LogP contribution in [0.5, 0.6) is 5.75 Å². The molecule has 0 bridgehead atoms. The number of nitrogens with two attached hydrogens (primary N) is 1. The summed E-state index contributed by atoms with van der Waals surface area (Å²) < 4.78 is 5.13. The molecular weight excluding hydrogens is 346 g/mol. The number of hydrogen-bond acceptors (Lipinski definition) is 4. The first kappa shape index (κ1) is 18.4. The van der Waals surface area contributed by atoms with E-state index in [9.17, 15) is 14.4 Å². The van der Waals surface area contributed by atoms with Crippen LogP contribution in [0.3, 0.4) is 0 Å². The van der Waals surface area contributed by atoms with E-state index in [1.165, 1.54) is 4.90 Å². The van der Waals surface area contributed by atoms with Gasteiger partial charge in [0.15, 0.2) is 0 Å². The maximum atomic E-state index is 13.1. The van der Waals surface area contributed by atoms with Gasteiger partial charge in [-0.15, -0.1) is 0 Å². The highest BCUT2D eigenvalue weighted by molar-refractivity contribution is 6.06. The zero-order valence-electron chi connectivity index (χ0n) is 15.1. The fourth-order valence-corrected chi connectivity index (χ4v) is 2.98. The summed E-state index contributed by atoms with van der Waals surface area (Å²) in [5.41, 5.74) is 6.70. The zero-order valence-corrected chi connectivity index (χ0v) is 15.1. The summed E-state index contributed by atoms with van der Waals surface area (Å²) in [6, 6.07) is 13.2. The van der Waals surface area contributed by atoms with Gasteiger partial charge in [-0.05, 0) is 55.0 Å². The van der Waals surface area contributed by atoms with Crippen molar-refractivity contribution in [2.24, 2.45) is 5.73 Å². The molecule has 0 aliphatic carbocycles. The highest BCUT2D eigenvalue weighted by Crippen LogP contribution is 2.22. The number of amides is 3. The minimum absolute atomic E-state index is 0.0243. The number of ether oxygens (including phenoxy) is 1. The fourth-order valence-electron chi connectivity index (χ4n) is 2.98. The minimum Gasteiger partial charge on any atom is -0.497 e. The lowest BCUT2D eigenvalue weighted by molar-refractivity contribution is -0.127. The molecule has 7 nitrogen and oxygen atoms in total. The van der Waals surface area contributed by atoms with E-state index in [0.29, 0.717) is 35.5 Å². The molecule has 1 saturated heterocycles.